The molecule has 2 N–H and O–H groups in total. The lowest BCUT2D eigenvalue weighted by molar-refractivity contribution is 0.463. The normalized spacial score (nSPS) is 10.5. The van der Waals surface area contributed by atoms with Crippen LogP contribution in [-0.4, -0.2) is 11.5 Å². The highest BCUT2D eigenvalue weighted by Gasteiger charge is 2.03. The average molecular weight is 202 g/mol. The van der Waals surface area contributed by atoms with Gasteiger partial charge in [0.25, 0.3) is 0 Å². The van der Waals surface area contributed by atoms with Crippen LogP contribution in [0.25, 0.3) is 0 Å². The molecule has 2 rings (SSSR count). The minimum absolute atomic E-state index is 0.575. The molecule has 1 heterocycles. The first-order valence-electron chi connectivity index (χ1n) is 5.06. The molecule has 0 radical (unpaired) electrons. The van der Waals surface area contributed by atoms with Crippen molar-refractivity contribution in [3.63, 3.8) is 0 Å². The second kappa shape index (κ2) is 4.75. The SMILES string of the molecule is NCCc1ncc(Cc2ccccc2)o1. The first kappa shape index (κ1) is 9.93. The fourth-order valence-electron chi connectivity index (χ4n) is 1.47. The van der Waals surface area contributed by atoms with Gasteiger partial charge < -0.3 is 10.2 Å². The van der Waals surface area contributed by atoms with E-state index in [0.29, 0.717) is 13.0 Å². The number of nitrogens with zero attached hydrogens (tertiary/aromatic N) is 1. The van der Waals surface area contributed by atoms with Crippen molar-refractivity contribution in [1.82, 2.24) is 4.98 Å². The van der Waals surface area contributed by atoms with Crippen LogP contribution in [-0.2, 0) is 12.8 Å². The number of hydrogen-bond donors (Lipinski definition) is 1. The van der Waals surface area contributed by atoms with Gasteiger partial charge in [-0.05, 0) is 5.56 Å². The molecule has 0 bridgehead atoms. The highest BCUT2D eigenvalue weighted by Crippen LogP contribution is 2.10. The summed E-state index contributed by atoms with van der Waals surface area (Å²) in [6.45, 7) is 0.575. The number of nitrogens with two attached hydrogens (primary N) is 1. The Balaban J connectivity index is 2.05. The summed E-state index contributed by atoms with van der Waals surface area (Å²) in [5.41, 5.74) is 6.65. The molecule has 0 amide bonds. The second-order valence-corrected chi connectivity index (χ2v) is 3.42. The van der Waals surface area contributed by atoms with Gasteiger partial charge in [0.2, 0.25) is 0 Å². The van der Waals surface area contributed by atoms with Gasteiger partial charge in [-0.15, -0.1) is 0 Å². The van der Waals surface area contributed by atoms with Crippen LogP contribution in [0.15, 0.2) is 40.9 Å². The summed E-state index contributed by atoms with van der Waals surface area (Å²) in [5.74, 6) is 1.62. The minimum atomic E-state index is 0.575. The van der Waals surface area contributed by atoms with E-state index in [-0.39, 0.29) is 0 Å². The Labute approximate surface area is 88.9 Å². The van der Waals surface area contributed by atoms with Crippen molar-refractivity contribution < 1.29 is 4.42 Å². The van der Waals surface area contributed by atoms with Crippen molar-refractivity contribution in [2.75, 3.05) is 6.54 Å². The van der Waals surface area contributed by atoms with E-state index in [4.69, 9.17) is 10.2 Å². The third-order valence-electron chi connectivity index (χ3n) is 2.18. The summed E-state index contributed by atoms with van der Waals surface area (Å²) in [5, 5.41) is 0. The van der Waals surface area contributed by atoms with Crippen LogP contribution in [0, 0.1) is 0 Å². The Morgan fingerprint density at radius 3 is 2.73 bits per heavy atom. The van der Waals surface area contributed by atoms with E-state index in [1.54, 1.807) is 6.20 Å². The van der Waals surface area contributed by atoms with E-state index in [1.165, 1.54) is 5.56 Å². The zero-order chi connectivity index (χ0) is 10.5. The van der Waals surface area contributed by atoms with Crippen LogP contribution >= 0.6 is 0 Å². The molecule has 0 aliphatic rings. The summed E-state index contributed by atoms with van der Waals surface area (Å²) in [6.07, 6.45) is 3.27. The fraction of sp³-hybridized carbons (Fsp3) is 0.250. The molecule has 0 saturated heterocycles. The van der Waals surface area contributed by atoms with Crippen LogP contribution in [0.5, 0.6) is 0 Å². The highest BCUT2D eigenvalue weighted by molar-refractivity contribution is 5.19. The number of rotatable bonds is 4. The predicted octanol–water partition coefficient (Wildman–Crippen LogP) is 1.77. The maximum Gasteiger partial charge on any atom is 0.195 e. The van der Waals surface area contributed by atoms with Crippen molar-refractivity contribution in [2.45, 2.75) is 12.8 Å². The molecular weight excluding hydrogens is 188 g/mol. The predicted molar refractivity (Wildman–Crippen MR) is 58.5 cm³/mol. The molecule has 15 heavy (non-hydrogen) atoms. The summed E-state index contributed by atoms with van der Waals surface area (Å²) >= 11 is 0. The van der Waals surface area contributed by atoms with Gasteiger partial charge in [0.1, 0.15) is 5.76 Å². The van der Waals surface area contributed by atoms with Crippen LogP contribution < -0.4 is 5.73 Å². The van der Waals surface area contributed by atoms with E-state index in [2.05, 4.69) is 17.1 Å². The topological polar surface area (TPSA) is 52.0 Å². The quantitative estimate of drug-likeness (QED) is 0.822. The number of aromatic nitrogens is 1. The molecule has 0 saturated carbocycles. The average Bonchev–Trinajstić information content (AvgIpc) is 2.68. The fourth-order valence-corrected chi connectivity index (χ4v) is 1.47. The highest BCUT2D eigenvalue weighted by atomic mass is 16.4. The van der Waals surface area contributed by atoms with Gasteiger partial charge in [0.05, 0.1) is 6.20 Å². The standard InChI is InChI=1S/C12H14N2O/c13-7-6-12-14-9-11(15-12)8-10-4-2-1-3-5-10/h1-5,9H,6-8,13H2. The molecule has 3 nitrogen and oxygen atoms in total. The third-order valence-corrected chi connectivity index (χ3v) is 2.18. The van der Waals surface area contributed by atoms with Crippen LogP contribution in [0.2, 0.25) is 0 Å². The molecule has 0 spiro atoms. The number of oxazole rings is 1. The van der Waals surface area contributed by atoms with Gasteiger partial charge in [-0.1, -0.05) is 30.3 Å². The lowest BCUT2D eigenvalue weighted by Crippen LogP contribution is -2.02. The lowest BCUT2D eigenvalue weighted by atomic mass is 10.1. The van der Waals surface area contributed by atoms with Crippen molar-refractivity contribution in [3.05, 3.63) is 53.7 Å². The van der Waals surface area contributed by atoms with Crippen LogP contribution in [0.1, 0.15) is 17.2 Å². The molecule has 0 atom stereocenters. The largest absolute Gasteiger partial charge is 0.445 e. The van der Waals surface area contributed by atoms with Crippen LogP contribution in [0.4, 0.5) is 0 Å². The van der Waals surface area contributed by atoms with E-state index >= 15 is 0 Å². The molecule has 0 unspecified atom stereocenters. The van der Waals surface area contributed by atoms with Crippen molar-refractivity contribution >= 4 is 0 Å². The molecule has 0 aliphatic heterocycles. The molecule has 0 fully saturated rings. The molecule has 0 aliphatic carbocycles. The molecule has 1 aromatic carbocycles. The molecule has 2 aromatic rings. The van der Waals surface area contributed by atoms with E-state index < -0.39 is 0 Å². The Hall–Kier alpha value is -1.61. The van der Waals surface area contributed by atoms with Gasteiger partial charge in [0, 0.05) is 19.4 Å². The lowest BCUT2D eigenvalue weighted by Gasteiger charge is -1.96. The van der Waals surface area contributed by atoms with Crippen molar-refractivity contribution in [1.29, 1.82) is 0 Å². The summed E-state index contributed by atoms with van der Waals surface area (Å²) < 4.78 is 5.54. The van der Waals surface area contributed by atoms with Gasteiger partial charge in [-0.3, -0.25) is 0 Å². The molecule has 78 valence electrons. The molecule has 1 aromatic heterocycles. The van der Waals surface area contributed by atoms with Gasteiger partial charge in [-0.25, -0.2) is 4.98 Å². The van der Waals surface area contributed by atoms with Gasteiger partial charge in [-0.2, -0.15) is 0 Å². The summed E-state index contributed by atoms with van der Waals surface area (Å²) in [6, 6.07) is 10.2. The molecule has 3 heteroatoms. The second-order valence-electron chi connectivity index (χ2n) is 3.42. The Morgan fingerprint density at radius 2 is 2.00 bits per heavy atom. The van der Waals surface area contributed by atoms with Crippen molar-refractivity contribution in [3.8, 4) is 0 Å². The Kier molecular flexibility index (Phi) is 3.15. The Bertz CT molecular complexity index is 409. The smallest absolute Gasteiger partial charge is 0.195 e. The molecular formula is C12H14N2O. The van der Waals surface area contributed by atoms with E-state index in [0.717, 1.165) is 18.1 Å². The third kappa shape index (κ3) is 2.67. The Morgan fingerprint density at radius 1 is 1.20 bits per heavy atom. The monoisotopic (exact) mass is 202 g/mol. The van der Waals surface area contributed by atoms with Gasteiger partial charge >= 0.3 is 0 Å². The number of benzene rings is 1. The van der Waals surface area contributed by atoms with Crippen LogP contribution in [0.3, 0.4) is 0 Å². The zero-order valence-corrected chi connectivity index (χ0v) is 8.52. The summed E-state index contributed by atoms with van der Waals surface area (Å²) in [7, 11) is 0. The first-order valence-corrected chi connectivity index (χ1v) is 5.06. The maximum atomic E-state index is 5.54. The van der Waals surface area contributed by atoms with E-state index in [1.807, 2.05) is 18.2 Å². The zero-order valence-electron chi connectivity index (χ0n) is 8.52. The van der Waals surface area contributed by atoms with E-state index in [9.17, 15) is 0 Å². The summed E-state index contributed by atoms with van der Waals surface area (Å²) in [4.78, 5) is 4.16. The maximum absolute atomic E-state index is 5.54. The van der Waals surface area contributed by atoms with Gasteiger partial charge in [0.15, 0.2) is 5.89 Å². The first-order chi connectivity index (χ1) is 7.38. The number of hydrogen-bond acceptors (Lipinski definition) is 3. The van der Waals surface area contributed by atoms with Crippen molar-refractivity contribution in [2.24, 2.45) is 5.73 Å². The minimum Gasteiger partial charge on any atom is -0.445 e.